The van der Waals surface area contributed by atoms with Crippen LogP contribution in [0.15, 0.2) is 67.1 Å². The fourth-order valence-corrected chi connectivity index (χ4v) is 6.34. The minimum Gasteiger partial charge on any atom is -0.426 e. The van der Waals surface area contributed by atoms with E-state index in [-0.39, 0.29) is 23.8 Å². The fraction of sp³-hybridized carbons (Fsp3) is 0.439. The largest absolute Gasteiger partial charge is 0.426 e. The molecule has 0 atom stereocenters. The van der Waals surface area contributed by atoms with Gasteiger partial charge in [-0.3, -0.25) is 14.6 Å². The van der Waals surface area contributed by atoms with E-state index in [9.17, 15) is 9.59 Å². The van der Waals surface area contributed by atoms with Crippen LogP contribution in [-0.4, -0.2) is 26.9 Å². The molecule has 0 N–H and O–H groups in total. The van der Waals surface area contributed by atoms with Gasteiger partial charge >= 0.3 is 11.9 Å². The van der Waals surface area contributed by atoms with Crippen LogP contribution in [0, 0.1) is 51.4 Å². The molecule has 0 bridgehead atoms. The first kappa shape index (κ1) is 34.9. The zero-order valence-corrected chi connectivity index (χ0v) is 29.3. The number of carbonyl (C=O) groups is 2. The van der Waals surface area contributed by atoms with Gasteiger partial charge in [0.2, 0.25) is 0 Å². The Balaban J connectivity index is 0.000000188. The first-order chi connectivity index (χ1) is 23.0. The molecule has 2 aliphatic carbocycles. The van der Waals surface area contributed by atoms with Crippen LogP contribution >= 0.6 is 0 Å². The Bertz CT molecular complexity index is 1680. The summed E-state index contributed by atoms with van der Waals surface area (Å²) < 4.78 is 11.2. The van der Waals surface area contributed by atoms with E-state index in [2.05, 4.69) is 60.8 Å². The van der Waals surface area contributed by atoms with Gasteiger partial charge in [-0.25, -0.2) is 9.97 Å². The summed E-state index contributed by atoms with van der Waals surface area (Å²) in [6.45, 7) is 12.6. The number of esters is 2. The summed E-state index contributed by atoms with van der Waals surface area (Å²) in [4.78, 5) is 37.8. The van der Waals surface area contributed by atoms with Gasteiger partial charge in [-0.05, 0) is 150 Å². The van der Waals surface area contributed by atoms with Crippen molar-refractivity contribution < 1.29 is 19.1 Å². The molecule has 48 heavy (non-hydrogen) atoms. The second-order valence-corrected chi connectivity index (χ2v) is 14.0. The Labute approximate surface area is 285 Å². The molecule has 0 unspecified atom stereocenters. The molecule has 7 heteroatoms. The molecule has 6 rings (SSSR count). The third-order valence-corrected chi connectivity index (χ3v) is 9.88. The van der Waals surface area contributed by atoms with Crippen molar-refractivity contribution in [1.29, 1.82) is 0 Å². The molecule has 2 heterocycles. The standard InChI is InChI=1S/C21H25NO2.C20H24N2O2/c1-14-4-7-17(8-5-14)21(23)24-19-10-11-20(22-13-19)18-9-6-15(2)16(3)12-18;1-13-4-6-16(7-5-13)20(23)24-18-9-8-17(10-15(18)3)19-21-11-14(2)12-22-19/h6,9-14,17H,4-5,7-8H2,1-3H3;8-13,16H,4-7H2,1-3H3. The van der Waals surface area contributed by atoms with E-state index in [1.165, 1.54) is 11.1 Å². The maximum atomic E-state index is 12.4. The van der Waals surface area contributed by atoms with Gasteiger partial charge in [-0.2, -0.15) is 0 Å². The Kier molecular flexibility index (Phi) is 11.7. The maximum absolute atomic E-state index is 12.4. The third kappa shape index (κ3) is 9.36. The van der Waals surface area contributed by atoms with E-state index >= 15 is 0 Å². The average molecular weight is 648 g/mol. The summed E-state index contributed by atoms with van der Waals surface area (Å²) in [5, 5.41) is 0. The SMILES string of the molecule is Cc1ccc(-c2ccc(OC(=O)C3CCC(C)CC3)cn2)cc1C.Cc1cnc(-c2ccc(OC(=O)C3CCC(C)CC3)c(C)c2)nc1. The molecule has 0 spiro atoms. The lowest BCUT2D eigenvalue weighted by Crippen LogP contribution is -2.25. The zero-order chi connectivity index (χ0) is 34.2. The highest BCUT2D eigenvalue weighted by Crippen LogP contribution is 2.32. The molecule has 2 aliphatic rings. The third-order valence-electron chi connectivity index (χ3n) is 9.88. The number of aromatic nitrogens is 3. The van der Waals surface area contributed by atoms with Crippen molar-refractivity contribution in [2.24, 2.45) is 23.7 Å². The van der Waals surface area contributed by atoms with E-state index in [4.69, 9.17) is 9.47 Å². The Morgan fingerprint density at radius 3 is 1.69 bits per heavy atom. The van der Waals surface area contributed by atoms with Crippen LogP contribution in [0.4, 0.5) is 0 Å². The Hall–Kier alpha value is -4.39. The van der Waals surface area contributed by atoms with Gasteiger partial charge in [0.1, 0.15) is 11.5 Å². The highest BCUT2D eigenvalue weighted by molar-refractivity contribution is 5.76. The van der Waals surface area contributed by atoms with Crippen LogP contribution in [-0.2, 0) is 9.59 Å². The van der Waals surface area contributed by atoms with Gasteiger partial charge in [-0.1, -0.05) is 26.0 Å². The minimum absolute atomic E-state index is 0.0422. The number of pyridine rings is 1. The molecule has 252 valence electrons. The molecule has 0 radical (unpaired) electrons. The van der Waals surface area contributed by atoms with Crippen molar-refractivity contribution in [2.75, 3.05) is 0 Å². The molecule has 0 aliphatic heterocycles. The quantitative estimate of drug-likeness (QED) is 0.152. The van der Waals surface area contributed by atoms with Crippen molar-refractivity contribution in [2.45, 2.75) is 92.9 Å². The normalized spacial score (nSPS) is 20.6. The van der Waals surface area contributed by atoms with E-state index in [0.717, 1.165) is 91.2 Å². The Morgan fingerprint density at radius 2 is 1.15 bits per heavy atom. The van der Waals surface area contributed by atoms with Crippen molar-refractivity contribution in [3.63, 3.8) is 0 Å². The van der Waals surface area contributed by atoms with Gasteiger partial charge in [0.25, 0.3) is 0 Å². The molecule has 7 nitrogen and oxygen atoms in total. The topological polar surface area (TPSA) is 91.3 Å². The van der Waals surface area contributed by atoms with Crippen molar-refractivity contribution in [3.05, 3.63) is 89.4 Å². The summed E-state index contributed by atoms with van der Waals surface area (Å²) in [7, 11) is 0. The summed E-state index contributed by atoms with van der Waals surface area (Å²) in [6.07, 6.45) is 13.5. The fourth-order valence-electron chi connectivity index (χ4n) is 6.34. The van der Waals surface area contributed by atoms with E-state index in [1.54, 1.807) is 18.6 Å². The van der Waals surface area contributed by atoms with Crippen molar-refractivity contribution >= 4 is 11.9 Å². The maximum Gasteiger partial charge on any atom is 0.314 e. The summed E-state index contributed by atoms with van der Waals surface area (Å²) in [5.74, 6) is 3.19. The van der Waals surface area contributed by atoms with Gasteiger partial charge in [0, 0.05) is 23.5 Å². The first-order valence-electron chi connectivity index (χ1n) is 17.4. The lowest BCUT2D eigenvalue weighted by Gasteiger charge is -2.24. The van der Waals surface area contributed by atoms with Gasteiger partial charge in [0.05, 0.1) is 23.7 Å². The lowest BCUT2D eigenvalue weighted by atomic mass is 9.83. The monoisotopic (exact) mass is 647 g/mol. The Morgan fingerprint density at radius 1 is 0.583 bits per heavy atom. The van der Waals surface area contributed by atoms with Gasteiger partial charge in [-0.15, -0.1) is 0 Å². The number of aryl methyl sites for hydroxylation is 4. The van der Waals surface area contributed by atoms with Gasteiger partial charge < -0.3 is 9.47 Å². The molecular formula is C41H49N3O4. The average Bonchev–Trinajstić information content (AvgIpc) is 3.08. The molecule has 0 amide bonds. The molecule has 4 aromatic rings. The van der Waals surface area contributed by atoms with Crippen LogP contribution < -0.4 is 9.47 Å². The zero-order valence-electron chi connectivity index (χ0n) is 29.3. The molecule has 0 saturated heterocycles. The molecule has 2 saturated carbocycles. The van der Waals surface area contributed by atoms with Crippen LogP contribution in [0.5, 0.6) is 11.5 Å². The summed E-state index contributed by atoms with van der Waals surface area (Å²) in [5.41, 5.74) is 7.37. The molecular weight excluding hydrogens is 598 g/mol. The minimum atomic E-state index is -0.109. The number of rotatable bonds is 6. The van der Waals surface area contributed by atoms with Crippen LogP contribution in [0.3, 0.4) is 0 Å². The predicted molar refractivity (Wildman–Crippen MR) is 190 cm³/mol. The smallest absolute Gasteiger partial charge is 0.314 e. The summed E-state index contributed by atoms with van der Waals surface area (Å²) in [6, 6.07) is 15.8. The number of hydrogen-bond donors (Lipinski definition) is 0. The van der Waals surface area contributed by atoms with Gasteiger partial charge in [0.15, 0.2) is 5.82 Å². The van der Waals surface area contributed by atoms with Crippen LogP contribution in [0.25, 0.3) is 22.6 Å². The molecule has 2 fully saturated rings. The second kappa shape index (κ2) is 16.1. The van der Waals surface area contributed by atoms with E-state index in [1.807, 2.05) is 44.2 Å². The van der Waals surface area contributed by atoms with E-state index in [0.29, 0.717) is 17.3 Å². The van der Waals surface area contributed by atoms with Crippen molar-refractivity contribution in [1.82, 2.24) is 15.0 Å². The number of benzene rings is 2. The highest BCUT2D eigenvalue weighted by Gasteiger charge is 2.27. The first-order valence-corrected chi connectivity index (χ1v) is 17.4. The number of nitrogens with zero attached hydrogens (tertiary/aromatic N) is 3. The number of carbonyl (C=O) groups excluding carboxylic acids is 2. The predicted octanol–water partition coefficient (Wildman–Crippen LogP) is 9.59. The van der Waals surface area contributed by atoms with Crippen molar-refractivity contribution in [3.8, 4) is 34.1 Å². The number of ether oxygens (including phenoxy) is 2. The van der Waals surface area contributed by atoms with Crippen LogP contribution in [0.2, 0.25) is 0 Å². The lowest BCUT2D eigenvalue weighted by molar-refractivity contribution is -0.141. The molecule has 2 aromatic carbocycles. The van der Waals surface area contributed by atoms with Crippen LogP contribution in [0.1, 0.15) is 87.5 Å². The molecule has 2 aromatic heterocycles. The van der Waals surface area contributed by atoms with E-state index < -0.39 is 0 Å². The second-order valence-electron chi connectivity index (χ2n) is 14.0. The summed E-state index contributed by atoms with van der Waals surface area (Å²) >= 11 is 0. The highest BCUT2D eigenvalue weighted by atomic mass is 16.5. The number of hydrogen-bond acceptors (Lipinski definition) is 7.